The van der Waals surface area contributed by atoms with E-state index in [0.29, 0.717) is 18.4 Å². The number of aliphatic carboxylic acids is 1. The SMILES string of the molecule is CC(C)N1CCCC(Cc2ncc3n2CCC(C(=O)O)C3)C1. The van der Waals surface area contributed by atoms with Gasteiger partial charge in [0.2, 0.25) is 0 Å². The minimum Gasteiger partial charge on any atom is -0.481 e. The molecule has 1 aromatic rings. The van der Waals surface area contributed by atoms with Crippen molar-refractivity contribution in [3.8, 4) is 0 Å². The maximum Gasteiger partial charge on any atom is 0.306 e. The Balaban J connectivity index is 1.66. The highest BCUT2D eigenvalue weighted by molar-refractivity contribution is 5.70. The number of aromatic nitrogens is 2. The van der Waals surface area contributed by atoms with Crippen molar-refractivity contribution in [2.45, 2.75) is 58.5 Å². The zero-order valence-electron chi connectivity index (χ0n) is 13.7. The van der Waals surface area contributed by atoms with Crippen LogP contribution in [-0.4, -0.2) is 44.7 Å². The van der Waals surface area contributed by atoms with E-state index < -0.39 is 5.97 Å². The van der Waals surface area contributed by atoms with Crippen molar-refractivity contribution in [3.05, 3.63) is 17.7 Å². The van der Waals surface area contributed by atoms with Crippen LogP contribution in [0.5, 0.6) is 0 Å². The summed E-state index contributed by atoms with van der Waals surface area (Å²) in [5.74, 6) is 0.936. The maximum absolute atomic E-state index is 11.2. The molecule has 0 aliphatic carbocycles. The molecule has 22 heavy (non-hydrogen) atoms. The molecule has 3 rings (SSSR count). The van der Waals surface area contributed by atoms with Gasteiger partial charge in [-0.05, 0) is 45.6 Å². The normalized spacial score (nSPS) is 26.1. The Morgan fingerprint density at radius 2 is 2.23 bits per heavy atom. The second kappa shape index (κ2) is 6.41. The average molecular weight is 305 g/mol. The third-order valence-electron chi connectivity index (χ3n) is 5.28. The van der Waals surface area contributed by atoms with Crippen LogP contribution in [0.25, 0.3) is 0 Å². The van der Waals surface area contributed by atoms with Crippen molar-refractivity contribution in [3.63, 3.8) is 0 Å². The Hall–Kier alpha value is -1.36. The molecule has 1 fully saturated rings. The number of fused-ring (bicyclic) bond motifs is 1. The summed E-state index contributed by atoms with van der Waals surface area (Å²) in [6, 6.07) is 0.619. The predicted octanol–water partition coefficient (Wildman–Crippen LogP) is 2.19. The van der Waals surface area contributed by atoms with Crippen LogP contribution >= 0.6 is 0 Å². The molecule has 2 aliphatic heterocycles. The van der Waals surface area contributed by atoms with Gasteiger partial charge in [-0.25, -0.2) is 4.98 Å². The number of likely N-dealkylation sites (tertiary alicyclic amines) is 1. The van der Waals surface area contributed by atoms with Gasteiger partial charge in [-0.1, -0.05) is 0 Å². The number of imidazole rings is 1. The molecule has 1 saturated heterocycles. The lowest BCUT2D eigenvalue weighted by molar-refractivity contribution is -0.142. The fraction of sp³-hybridized carbons (Fsp3) is 0.765. The maximum atomic E-state index is 11.2. The van der Waals surface area contributed by atoms with Crippen molar-refractivity contribution >= 4 is 5.97 Å². The number of rotatable bonds is 4. The molecule has 0 saturated carbocycles. The number of nitrogens with zero attached hydrogens (tertiary/aromatic N) is 3. The van der Waals surface area contributed by atoms with Crippen molar-refractivity contribution < 1.29 is 9.90 Å². The van der Waals surface area contributed by atoms with E-state index in [4.69, 9.17) is 0 Å². The van der Waals surface area contributed by atoms with Gasteiger partial charge < -0.3 is 14.6 Å². The monoisotopic (exact) mass is 305 g/mol. The first kappa shape index (κ1) is 15.5. The summed E-state index contributed by atoms with van der Waals surface area (Å²) in [4.78, 5) is 18.3. The molecule has 1 aromatic heterocycles. The molecule has 0 aromatic carbocycles. The summed E-state index contributed by atoms with van der Waals surface area (Å²) in [6.07, 6.45) is 6.84. The Bertz CT molecular complexity index is 538. The largest absolute Gasteiger partial charge is 0.481 e. The number of hydrogen-bond acceptors (Lipinski definition) is 3. The highest BCUT2D eigenvalue weighted by Gasteiger charge is 2.28. The first-order valence-electron chi connectivity index (χ1n) is 8.54. The first-order chi connectivity index (χ1) is 10.5. The Labute approximate surface area is 132 Å². The summed E-state index contributed by atoms with van der Waals surface area (Å²) < 4.78 is 2.27. The molecule has 1 N–H and O–H groups in total. The first-order valence-corrected chi connectivity index (χ1v) is 8.54. The number of hydrogen-bond donors (Lipinski definition) is 1. The van der Waals surface area contributed by atoms with Crippen molar-refractivity contribution in [2.75, 3.05) is 13.1 Å². The van der Waals surface area contributed by atoms with Crippen LogP contribution in [0.3, 0.4) is 0 Å². The highest BCUT2D eigenvalue weighted by Crippen LogP contribution is 2.26. The lowest BCUT2D eigenvalue weighted by atomic mass is 9.93. The van der Waals surface area contributed by atoms with Gasteiger partial charge in [-0.2, -0.15) is 0 Å². The van der Waals surface area contributed by atoms with Crippen LogP contribution in [0.1, 0.15) is 44.6 Å². The van der Waals surface area contributed by atoms with Gasteiger partial charge in [0.1, 0.15) is 5.82 Å². The van der Waals surface area contributed by atoms with E-state index in [9.17, 15) is 9.90 Å². The van der Waals surface area contributed by atoms with Crippen molar-refractivity contribution in [2.24, 2.45) is 11.8 Å². The second-order valence-electron chi connectivity index (χ2n) is 7.15. The molecular formula is C17H27N3O2. The van der Waals surface area contributed by atoms with Gasteiger partial charge in [0.15, 0.2) is 0 Å². The quantitative estimate of drug-likeness (QED) is 0.926. The van der Waals surface area contributed by atoms with E-state index in [1.54, 1.807) is 0 Å². The Kier molecular flexibility index (Phi) is 4.52. The van der Waals surface area contributed by atoms with E-state index in [1.165, 1.54) is 19.4 Å². The topological polar surface area (TPSA) is 58.4 Å². The van der Waals surface area contributed by atoms with E-state index in [-0.39, 0.29) is 5.92 Å². The summed E-state index contributed by atoms with van der Waals surface area (Å²) in [6.45, 7) is 7.73. The molecule has 2 unspecified atom stereocenters. The predicted molar refractivity (Wildman–Crippen MR) is 84.8 cm³/mol. The van der Waals surface area contributed by atoms with Crippen LogP contribution in [0.4, 0.5) is 0 Å². The second-order valence-corrected chi connectivity index (χ2v) is 7.15. The number of carbonyl (C=O) groups is 1. The van der Waals surface area contributed by atoms with Crippen LogP contribution < -0.4 is 0 Å². The molecule has 3 heterocycles. The lowest BCUT2D eigenvalue weighted by Gasteiger charge is -2.35. The number of piperidine rings is 1. The van der Waals surface area contributed by atoms with Crippen LogP contribution in [-0.2, 0) is 24.2 Å². The smallest absolute Gasteiger partial charge is 0.306 e. The highest BCUT2D eigenvalue weighted by atomic mass is 16.4. The van der Waals surface area contributed by atoms with Gasteiger partial charge in [-0.15, -0.1) is 0 Å². The zero-order chi connectivity index (χ0) is 15.7. The van der Waals surface area contributed by atoms with Crippen LogP contribution in [0.2, 0.25) is 0 Å². The molecule has 0 bridgehead atoms. The average Bonchev–Trinajstić information content (AvgIpc) is 2.90. The summed E-state index contributed by atoms with van der Waals surface area (Å²) in [7, 11) is 0. The summed E-state index contributed by atoms with van der Waals surface area (Å²) in [5.41, 5.74) is 1.10. The Morgan fingerprint density at radius 3 is 2.95 bits per heavy atom. The standard InChI is InChI=1S/C17H27N3O2/c1-12(2)19-6-3-4-13(11-19)8-16-18-10-15-9-14(17(21)22)5-7-20(15)16/h10,12-14H,3-9,11H2,1-2H3,(H,21,22). The van der Waals surface area contributed by atoms with E-state index in [0.717, 1.165) is 37.4 Å². The third kappa shape index (κ3) is 3.19. The van der Waals surface area contributed by atoms with Crippen LogP contribution in [0.15, 0.2) is 6.20 Å². The molecule has 0 radical (unpaired) electrons. The van der Waals surface area contributed by atoms with Crippen molar-refractivity contribution in [1.82, 2.24) is 14.5 Å². The molecule has 5 nitrogen and oxygen atoms in total. The van der Waals surface area contributed by atoms with E-state index in [1.807, 2.05) is 6.20 Å². The molecule has 2 aliphatic rings. The fourth-order valence-electron chi connectivity index (χ4n) is 3.89. The number of carboxylic acids is 1. The Morgan fingerprint density at radius 1 is 1.41 bits per heavy atom. The van der Waals surface area contributed by atoms with E-state index in [2.05, 4.69) is 28.3 Å². The molecule has 0 spiro atoms. The zero-order valence-corrected chi connectivity index (χ0v) is 13.7. The van der Waals surface area contributed by atoms with Gasteiger partial charge in [0, 0.05) is 43.9 Å². The van der Waals surface area contributed by atoms with Crippen molar-refractivity contribution in [1.29, 1.82) is 0 Å². The van der Waals surface area contributed by atoms with E-state index >= 15 is 0 Å². The molecular weight excluding hydrogens is 278 g/mol. The van der Waals surface area contributed by atoms with Gasteiger partial charge in [-0.3, -0.25) is 4.79 Å². The van der Waals surface area contributed by atoms with Crippen LogP contribution in [0, 0.1) is 11.8 Å². The van der Waals surface area contributed by atoms with Gasteiger partial charge >= 0.3 is 5.97 Å². The lowest BCUT2D eigenvalue weighted by Crippen LogP contribution is -2.40. The summed E-state index contributed by atoms with van der Waals surface area (Å²) in [5, 5.41) is 9.18. The molecule has 122 valence electrons. The summed E-state index contributed by atoms with van der Waals surface area (Å²) >= 11 is 0. The molecule has 5 heteroatoms. The van der Waals surface area contributed by atoms with Gasteiger partial charge in [0.25, 0.3) is 0 Å². The minimum atomic E-state index is -0.672. The number of carboxylic acid groups (broad SMARTS) is 1. The molecule has 2 atom stereocenters. The minimum absolute atomic E-state index is 0.233. The molecule has 0 amide bonds. The fourth-order valence-corrected chi connectivity index (χ4v) is 3.89. The van der Waals surface area contributed by atoms with Gasteiger partial charge in [0.05, 0.1) is 5.92 Å². The third-order valence-corrected chi connectivity index (χ3v) is 5.28.